The summed E-state index contributed by atoms with van der Waals surface area (Å²) in [7, 11) is 0. The summed E-state index contributed by atoms with van der Waals surface area (Å²) in [5.74, 6) is -0.615. The molecule has 3 N–H and O–H groups in total. The highest BCUT2D eigenvalue weighted by Gasteiger charge is 2.10. The number of hydrogen-bond acceptors (Lipinski definition) is 2. The molecule has 0 heterocycles. The Morgan fingerprint density at radius 3 is 2.58 bits per heavy atom. The molecule has 0 aliphatic rings. The Bertz CT molecular complexity index is 597. The molecule has 4 heteroatoms. The molecule has 2 rings (SSSR count). The van der Waals surface area contributed by atoms with Crippen LogP contribution >= 0.6 is 0 Å². The second-order valence-corrected chi connectivity index (χ2v) is 4.61. The molecule has 0 aliphatic heterocycles. The second-order valence-electron chi connectivity index (χ2n) is 4.61. The van der Waals surface area contributed by atoms with Gasteiger partial charge in [0, 0.05) is 6.04 Å². The van der Waals surface area contributed by atoms with Gasteiger partial charge in [0.25, 0.3) is 0 Å². The van der Waals surface area contributed by atoms with Gasteiger partial charge in [-0.3, -0.25) is 0 Å². The zero-order valence-electron chi connectivity index (χ0n) is 10.9. The van der Waals surface area contributed by atoms with Crippen molar-refractivity contribution in [3.63, 3.8) is 0 Å². The Kier molecular flexibility index (Phi) is 3.69. The number of benzene rings is 2. The maximum Gasteiger partial charge on any atom is 0.128 e. The Morgan fingerprint density at radius 1 is 1.16 bits per heavy atom. The summed E-state index contributed by atoms with van der Waals surface area (Å²) in [4.78, 5) is 0. The summed E-state index contributed by atoms with van der Waals surface area (Å²) < 4.78 is 26.5. The van der Waals surface area contributed by atoms with E-state index in [1.54, 1.807) is 19.1 Å². The number of nitrogens with two attached hydrogens (primary N) is 1. The van der Waals surface area contributed by atoms with Crippen molar-refractivity contribution < 1.29 is 8.78 Å². The summed E-state index contributed by atoms with van der Waals surface area (Å²) in [6.07, 6.45) is 0. The van der Waals surface area contributed by atoms with Gasteiger partial charge in [-0.1, -0.05) is 12.1 Å². The van der Waals surface area contributed by atoms with Crippen LogP contribution in [0, 0.1) is 18.6 Å². The van der Waals surface area contributed by atoms with Crippen LogP contribution in [0.5, 0.6) is 0 Å². The normalized spacial score (nSPS) is 12.2. The molecule has 2 nitrogen and oxygen atoms in total. The summed E-state index contributed by atoms with van der Waals surface area (Å²) in [5.41, 5.74) is 8.08. The molecule has 0 radical (unpaired) electrons. The summed E-state index contributed by atoms with van der Waals surface area (Å²) >= 11 is 0. The van der Waals surface area contributed by atoms with Gasteiger partial charge in [0.15, 0.2) is 0 Å². The third-order valence-electron chi connectivity index (χ3n) is 3.05. The smallest absolute Gasteiger partial charge is 0.128 e. The molecule has 19 heavy (non-hydrogen) atoms. The lowest BCUT2D eigenvalue weighted by atomic mass is 10.1. The molecule has 0 saturated carbocycles. The van der Waals surface area contributed by atoms with Gasteiger partial charge >= 0.3 is 0 Å². The third-order valence-corrected chi connectivity index (χ3v) is 3.05. The fraction of sp³-hybridized carbons (Fsp3) is 0.200. The predicted octanol–water partition coefficient (Wildman–Crippen LogP) is 4.03. The molecule has 0 amide bonds. The van der Waals surface area contributed by atoms with Crippen molar-refractivity contribution in [2.24, 2.45) is 0 Å². The minimum atomic E-state index is -0.332. The molecule has 2 aromatic carbocycles. The van der Waals surface area contributed by atoms with Gasteiger partial charge in [-0.05, 0) is 49.2 Å². The molecule has 1 atom stereocenters. The number of aryl methyl sites for hydroxylation is 1. The van der Waals surface area contributed by atoms with Crippen LogP contribution in [-0.4, -0.2) is 0 Å². The maximum atomic E-state index is 13.3. The number of halogens is 2. The number of anilines is 2. The van der Waals surface area contributed by atoms with Crippen molar-refractivity contribution >= 4 is 11.4 Å². The van der Waals surface area contributed by atoms with Crippen molar-refractivity contribution in [3.8, 4) is 0 Å². The minimum absolute atomic E-state index is 0.122. The van der Waals surface area contributed by atoms with E-state index in [2.05, 4.69) is 5.32 Å². The average Bonchev–Trinajstić information content (AvgIpc) is 2.36. The lowest BCUT2D eigenvalue weighted by Gasteiger charge is -2.18. The first kappa shape index (κ1) is 13.3. The van der Waals surface area contributed by atoms with Crippen LogP contribution < -0.4 is 11.1 Å². The van der Waals surface area contributed by atoms with Crippen LogP contribution in [0.25, 0.3) is 0 Å². The Balaban J connectivity index is 2.24. The first-order valence-corrected chi connectivity index (χ1v) is 6.05. The van der Waals surface area contributed by atoms with Crippen molar-refractivity contribution in [2.45, 2.75) is 19.9 Å². The highest BCUT2D eigenvalue weighted by atomic mass is 19.1. The highest BCUT2D eigenvalue weighted by molar-refractivity contribution is 5.67. The van der Waals surface area contributed by atoms with Crippen LogP contribution in [-0.2, 0) is 0 Å². The fourth-order valence-corrected chi connectivity index (χ4v) is 1.91. The molecular weight excluding hydrogens is 246 g/mol. The molecule has 2 aromatic rings. The topological polar surface area (TPSA) is 38.0 Å². The van der Waals surface area contributed by atoms with E-state index in [0.29, 0.717) is 16.9 Å². The Morgan fingerprint density at radius 2 is 1.89 bits per heavy atom. The number of hydrogen-bond donors (Lipinski definition) is 2. The summed E-state index contributed by atoms with van der Waals surface area (Å²) in [6.45, 7) is 3.57. The van der Waals surface area contributed by atoms with E-state index in [1.807, 2.05) is 13.0 Å². The summed E-state index contributed by atoms with van der Waals surface area (Å²) in [5, 5.41) is 3.16. The van der Waals surface area contributed by atoms with Gasteiger partial charge in [-0.25, -0.2) is 8.78 Å². The molecule has 0 spiro atoms. The third kappa shape index (κ3) is 3.02. The first-order valence-electron chi connectivity index (χ1n) is 6.05. The van der Waals surface area contributed by atoms with E-state index in [0.717, 1.165) is 5.56 Å². The summed E-state index contributed by atoms with van der Waals surface area (Å²) in [6, 6.07) is 9.16. The molecule has 0 bridgehead atoms. The number of nitrogens with one attached hydrogen (secondary N) is 1. The predicted molar refractivity (Wildman–Crippen MR) is 74.0 cm³/mol. The van der Waals surface area contributed by atoms with Crippen LogP contribution in [0.15, 0.2) is 36.4 Å². The SMILES string of the molecule is Cc1cc(NC(C)c2cccc(F)c2)c(N)cc1F. The van der Waals surface area contributed by atoms with E-state index in [4.69, 9.17) is 5.73 Å². The van der Waals surface area contributed by atoms with Gasteiger partial charge in [0.1, 0.15) is 11.6 Å². The van der Waals surface area contributed by atoms with Crippen molar-refractivity contribution in [2.75, 3.05) is 11.1 Å². The second kappa shape index (κ2) is 5.26. The lowest BCUT2D eigenvalue weighted by Crippen LogP contribution is -2.09. The minimum Gasteiger partial charge on any atom is -0.397 e. The Labute approximate surface area is 111 Å². The average molecular weight is 262 g/mol. The zero-order valence-corrected chi connectivity index (χ0v) is 10.9. The van der Waals surface area contributed by atoms with Crippen LogP contribution in [0.1, 0.15) is 24.1 Å². The fourth-order valence-electron chi connectivity index (χ4n) is 1.91. The van der Waals surface area contributed by atoms with E-state index >= 15 is 0 Å². The highest BCUT2D eigenvalue weighted by Crippen LogP contribution is 2.27. The van der Waals surface area contributed by atoms with E-state index < -0.39 is 0 Å². The largest absolute Gasteiger partial charge is 0.397 e. The van der Waals surface area contributed by atoms with Gasteiger partial charge < -0.3 is 11.1 Å². The molecule has 0 saturated heterocycles. The number of nitrogen functional groups attached to an aromatic ring is 1. The van der Waals surface area contributed by atoms with Gasteiger partial charge in [-0.15, -0.1) is 0 Å². The monoisotopic (exact) mass is 262 g/mol. The van der Waals surface area contributed by atoms with E-state index in [9.17, 15) is 8.78 Å². The molecule has 0 aromatic heterocycles. The first-order chi connectivity index (χ1) is 8.97. The standard InChI is InChI=1S/C15H16F2N2/c1-9-6-15(14(18)8-13(9)17)19-10(2)11-4-3-5-12(16)7-11/h3-8,10,19H,18H2,1-2H3. The maximum absolute atomic E-state index is 13.3. The van der Waals surface area contributed by atoms with Gasteiger partial charge in [0.2, 0.25) is 0 Å². The van der Waals surface area contributed by atoms with E-state index in [1.165, 1.54) is 18.2 Å². The quantitative estimate of drug-likeness (QED) is 0.820. The van der Waals surface area contributed by atoms with Crippen molar-refractivity contribution in [1.82, 2.24) is 0 Å². The molecule has 100 valence electrons. The molecule has 0 fully saturated rings. The molecular formula is C15H16F2N2. The zero-order chi connectivity index (χ0) is 14.0. The van der Waals surface area contributed by atoms with Crippen molar-refractivity contribution in [1.29, 1.82) is 0 Å². The van der Waals surface area contributed by atoms with Crippen molar-refractivity contribution in [3.05, 3.63) is 59.2 Å². The lowest BCUT2D eigenvalue weighted by molar-refractivity contribution is 0.619. The number of rotatable bonds is 3. The molecule has 0 aliphatic carbocycles. The van der Waals surface area contributed by atoms with Gasteiger partial charge in [0.05, 0.1) is 11.4 Å². The van der Waals surface area contributed by atoms with Gasteiger partial charge in [-0.2, -0.15) is 0 Å². The van der Waals surface area contributed by atoms with E-state index in [-0.39, 0.29) is 17.7 Å². The van der Waals surface area contributed by atoms with Crippen LogP contribution in [0.2, 0.25) is 0 Å². The molecule has 1 unspecified atom stereocenters. The van der Waals surface area contributed by atoms with Crippen LogP contribution in [0.4, 0.5) is 20.2 Å². The Hall–Kier alpha value is -2.10. The van der Waals surface area contributed by atoms with Crippen LogP contribution in [0.3, 0.4) is 0 Å².